The van der Waals surface area contributed by atoms with E-state index in [-0.39, 0.29) is 5.41 Å². The summed E-state index contributed by atoms with van der Waals surface area (Å²) in [5.74, 6) is 0.292. The molecule has 2 aromatic rings. The van der Waals surface area contributed by atoms with Crippen molar-refractivity contribution in [3.05, 3.63) is 29.7 Å². The zero-order valence-electron chi connectivity index (χ0n) is 10.5. The van der Waals surface area contributed by atoms with Crippen LogP contribution in [-0.2, 0) is 5.41 Å². The molecule has 1 aromatic heterocycles. The van der Waals surface area contributed by atoms with Crippen molar-refractivity contribution in [1.82, 2.24) is 10.3 Å². The monoisotopic (exact) mass is 257 g/mol. The Kier molecular flexibility index (Phi) is 2.07. The molecule has 1 saturated carbocycles. The number of hydrogen-bond donors (Lipinski definition) is 2. The molecule has 19 heavy (non-hydrogen) atoms. The lowest BCUT2D eigenvalue weighted by molar-refractivity contribution is 0.100. The zero-order chi connectivity index (χ0) is 13.0. The molecular weight excluding hydrogens is 242 g/mol. The quantitative estimate of drug-likeness (QED) is 0.850. The third kappa shape index (κ3) is 1.45. The largest absolute Gasteiger partial charge is 0.440 e. The third-order valence-electron chi connectivity index (χ3n) is 4.48. The molecule has 1 aromatic carbocycles. The predicted molar refractivity (Wildman–Crippen MR) is 69.8 cm³/mol. The normalized spacial score (nSPS) is 29.2. The minimum atomic E-state index is -0.461. The van der Waals surface area contributed by atoms with Crippen molar-refractivity contribution in [1.29, 1.82) is 0 Å². The summed E-state index contributed by atoms with van der Waals surface area (Å²) in [4.78, 5) is 16.0. The Balaban J connectivity index is 1.89. The highest BCUT2D eigenvalue weighted by Gasteiger charge is 2.49. The maximum absolute atomic E-state index is 11.4. The summed E-state index contributed by atoms with van der Waals surface area (Å²) in [5, 5.41) is 3.49. The number of rotatable bonds is 2. The average Bonchev–Trinajstić information content (AvgIpc) is 3.11. The van der Waals surface area contributed by atoms with Crippen molar-refractivity contribution < 1.29 is 9.21 Å². The van der Waals surface area contributed by atoms with Gasteiger partial charge in [-0.25, -0.2) is 4.98 Å². The van der Waals surface area contributed by atoms with Crippen molar-refractivity contribution in [3.63, 3.8) is 0 Å². The van der Waals surface area contributed by atoms with Gasteiger partial charge in [-0.05, 0) is 31.4 Å². The lowest BCUT2D eigenvalue weighted by Crippen LogP contribution is -2.32. The molecule has 2 aliphatic rings. The van der Waals surface area contributed by atoms with E-state index in [0.29, 0.717) is 22.7 Å². The third-order valence-corrected chi connectivity index (χ3v) is 4.48. The summed E-state index contributed by atoms with van der Waals surface area (Å²) >= 11 is 0. The Morgan fingerprint density at radius 1 is 1.53 bits per heavy atom. The lowest BCUT2D eigenvalue weighted by atomic mass is 9.87. The first kappa shape index (κ1) is 11.0. The molecule has 0 spiro atoms. The van der Waals surface area contributed by atoms with Crippen LogP contribution in [0.5, 0.6) is 0 Å². The minimum absolute atomic E-state index is 0.0125. The standard InChI is InChI=1S/C14H15N3O2/c15-12(18)9-2-1-3-10-11(9)17-13(19-10)14-5-4-8(6-14)16-7-14/h1-3,8,16H,4-7H2,(H2,15,18). The van der Waals surface area contributed by atoms with Gasteiger partial charge in [0.2, 0.25) is 5.89 Å². The number of aromatic nitrogens is 1. The van der Waals surface area contributed by atoms with Crippen molar-refractivity contribution in [2.45, 2.75) is 30.7 Å². The molecule has 1 aliphatic carbocycles. The number of oxazole rings is 1. The number of para-hydroxylation sites is 1. The zero-order valence-corrected chi connectivity index (χ0v) is 10.5. The van der Waals surface area contributed by atoms with Crippen LogP contribution in [-0.4, -0.2) is 23.5 Å². The Hall–Kier alpha value is -1.88. The van der Waals surface area contributed by atoms with Gasteiger partial charge in [0.15, 0.2) is 5.58 Å². The SMILES string of the molecule is NC(=O)c1cccc2oc(C34CCC(C3)NC4)nc12. The van der Waals surface area contributed by atoms with Crippen LogP contribution in [0.15, 0.2) is 22.6 Å². The first-order chi connectivity index (χ1) is 9.18. The van der Waals surface area contributed by atoms with Gasteiger partial charge in [-0.2, -0.15) is 0 Å². The second-order valence-electron chi connectivity index (χ2n) is 5.64. The fraction of sp³-hybridized carbons (Fsp3) is 0.429. The Morgan fingerprint density at radius 2 is 2.42 bits per heavy atom. The van der Waals surface area contributed by atoms with E-state index in [1.54, 1.807) is 12.1 Å². The molecule has 2 bridgehead atoms. The maximum atomic E-state index is 11.4. The van der Waals surface area contributed by atoms with Crippen LogP contribution < -0.4 is 11.1 Å². The number of carbonyl (C=O) groups is 1. The summed E-state index contributed by atoms with van der Waals surface area (Å²) in [6, 6.07) is 5.90. The number of hydrogen-bond acceptors (Lipinski definition) is 4. The molecular formula is C14H15N3O2. The topological polar surface area (TPSA) is 81.2 Å². The molecule has 98 valence electrons. The number of piperidine rings is 1. The number of fused-ring (bicyclic) bond motifs is 3. The van der Waals surface area contributed by atoms with Gasteiger partial charge in [0.05, 0.1) is 11.0 Å². The average molecular weight is 257 g/mol. The number of primary amides is 1. The molecule has 1 amide bonds. The highest BCUT2D eigenvalue weighted by atomic mass is 16.3. The van der Waals surface area contributed by atoms with Crippen molar-refractivity contribution in [3.8, 4) is 0 Å². The number of nitrogens with one attached hydrogen (secondary N) is 1. The molecule has 3 N–H and O–H groups in total. The Morgan fingerprint density at radius 3 is 3.05 bits per heavy atom. The molecule has 5 nitrogen and oxygen atoms in total. The van der Waals surface area contributed by atoms with Crippen LogP contribution in [0.4, 0.5) is 0 Å². The van der Waals surface area contributed by atoms with Crippen molar-refractivity contribution in [2.24, 2.45) is 5.73 Å². The van der Waals surface area contributed by atoms with Gasteiger partial charge in [-0.15, -0.1) is 0 Å². The second kappa shape index (κ2) is 3.57. The van der Waals surface area contributed by atoms with Crippen molar-refractivity contribution >= 4 is 17.0 Å². The second-order valence-corrected chi connectivity index (χ2v) is 5.64. The fourth-order valence-corrected chi connectivity index (χ4v) is 3.44. The molecule has 2 atom stereocenters. The highest BCUT2D eigenvalue weighted by Crippen LogP contribution is 2.45. The van der Waals surface area contributed by atoms with Gasteiger partial charge < -0.3 is 15.5 Å². The van der Waals surface area contributed by atoms with Gasteiger partial charge >= 0.3 is 0 Å². The maximum Gasteiger partial charge on any atom is 0.251 e. The van der Waals surface area contributed by atoms with Crippen LogP contribution in [0.1, 0.15) is 35.5 Å². The van der Waals surface area contributed by atoms with E-state index < -0.39 is 5.91 Å². The van der Waals surface area contributed by atoms with E-state index in [1.807, 2.05) is 6.07 Å². The van der Waals surface area contributed by atoms with Crippen LogP contribution in [0.3, 0.4) is 0 Å². The van der Waals surface area contributed by atoms with Crippen molar-refractivity contribution in [2.75, 3.05) is 6.54 Å². The molecule has 2 unspecified atom stereocenters. The number of amides is 1. The smallest absolute Gasteiger partial charge is 0.251 e. The van der Waals surface area contributed by atoms with E-state index in [9.17, 15) is 4.79 Å². The summed E-state index contributed by atoms with van der Waals surface area (Å²) in [6.07, 6.45) is 3.34. The Bertz CT molecular complexity index is 668. The van der Waals surface area contributed by atoms with Crippen LogP contribution in [0.25, 0.3) is 11.1 Å². The molecule has 1 aliphatic heterocycles. The summed E-state index contributed by atoms with van der Waals surface area (Å²) in [7, 11) is 0. The van der Waals surface area contributed by atoms with E-state index in [2.05, 4.69) is 10.3 Å². The highest BCUT2D eigenvalue weighted by molar-refractivity contribution is 6.03. The molecule has 5 heteroatoms. The van der Waals surface area contributed by atoms with Gasteiger partial charge in [0, 0.05) is 12.6 Å². The molecule has 4 rings (SSSR count). The number of nitrogens with two attached hydrogens (primary N) is 1. The van der Waals surface area contributed by atoms with E-state index in [1.165, 1.54) is 6.42 Å². The lowest BCUT2D eigenvalue weighted by Gasteiger charge is -2.21. The van der Waals surface area contributed by atoms with Gasteiger partial charge in [-0.3, -0.25) is 4.79 Å². The van der Waals surface area contributed by atoms with Gasteiger partial charge in [-0.1, -0.05) is 6.07 Å². The molecule has 2 heterocycles. The van der Waals surface area contributed by atoms with E-state index in [0.717, 1.165) is 25.3 Å². The first-order valence-electron chi connectivity index (χ1n) is 6.61. The summed E-state index contributed by atoms with van der Waals surface area (Å²) in [5.41, 5.74) is 7.07. The fourth-order valence-electron chi connectivity index (χ4n) is 3.44. The van der Waals surface area contributed by atoms with Gasteiger partial charge in [0.1, 0.15) is 5.52 Å². The molecule has 1 saturated heterocycles. The summed E-state index contributed by atoms with van der Waals surface area (Å²) in [6.45, 7) is 0.913. The first-order valence-corrected chi connectivity index (χ1v) is 6.61. The van der Waals surface area contributed by atoms with E-state index in [4.69, 9.17) is 10.2 Å². The van der Waals surface area contributed by atoms with E-state index >= 15 is 0 Å². The Labute approximate surface area is 110 Å². The molecule has 0 radical (unpaired) electrons. The number of carbonyl (C=O) groups excluding carboxylic acids is 1. The van der Waals surface area contributed by atoms with Gasteiger partial charge in [0.25, 0.3) is 5.91 Å². The number of benzene rings is 1. The molecule has 2 fully saturated rings. The minimum Gasteiger partial charge on any atom is -0.440 e. The van der Waals surface area contributed by atoms with Crippen LogP contribution in [0, 0.1) is 0 Å². The van der Waals surface area contributed by atoms with Crippen LogP contribution >= 0.6 is 0 Å². The predicted octanol–water partition coefficient (Wildman–Crippen LogP) is 1.32. The van der Waals surface area contributed by atoms with Crippen LogP contribution in [0.2, 0.25) is 0 Å². The number of nitrogens with zero attached hydrogens (tertiary/aromatic N) is 1. The summed E-state index contributed by atoms with van der Waals surface area (Å²) < 4.78 is 5.90.